The van der Waals surface area contributed by atoms with E-state index >= 15 is 0 Å². The van der Waals surface area contributed by atoms with Crippen molar-refractivity contribution in [2.45, 2.75) is 24.9 Å². The van der Waals surface area contributed by atoms with Crippen molar-refractivity contribution in [3.05, 3.63) is 58.4 Å². The van der Waals surface area contributed by atoms with Gasteiger partial charge in [0.05, 0.1) is 0 Å². The Bertz CT molecular complexity index is 875. The van der Waals surface area contributed by atoms with Crippen LogP contribution in [0.1, 0.15) is 16.7 Å². The number of hydrogen-bond acceptors (Lipinski definition) is 1. The van der Waals surface area contributed by atoms with E-state index in [0.29, 0.717) is 6.07 Å². The van der Waals surface area contributed by atoms with Gasteiger partial charge in [-0.1, -0.05) is 25.5 Å². The van der Waals surface area contributed by atoms with E-state index in [9.17, 15) is 41.4 Å². The predicted molar refractivity (Wildman–Crippen MR) is 78.2 cm³/mol. The number of hydrogen-bond donors (Lipinski definition) is 0. The van der Waals surface area contributed by atoms with Crippen LogP contribution >= 0.6 is 10.2 Å². The molecule has 0 heterocycles. The Hall–Kier alpha value is -2.11. The lowest BCUT2D eigenvalue weighted by atomic mass is 10.0. The van der Waals surface area contributed by atoms with Crippen molar-refractivity contribution in [1.29, 1.82) is 0 Å². The Kier molecular flexibility index (Phi) is 4.28. The summed E-state index contributed by atoms with van der Waals surface area (Å²) in [5, 5.41) is 0. The van der Waals surface area contributed by atoms with Gasteiger partial charge >= 0.3 is 16.3 Å². The first-order chi connectivity index (χ1) is 11.8. The highest BCUT2D eigenvalue weighted by molar-refractivity contribution is 8.45. The fraction of sp³-hybridized carbons (Fsp3) is 0.200. The number of alkyl halides is 2. The minimum absolute atomic E-state index is 0.266. The molecule has 2 aromatic carbocycles. The van der Waals surface area contributed by atoms with Crippen LogP contribution in [-0.2, 0) is 6.11 Å². The first kappa shape index (κ1) is 21.2. The summed E-state index contributed by atoms with van der Waals surface area (Å²) in [4.78, 5) is -3.48. The van der Waals surface area contributed by atoms with Gasteiger partial charge in [-0.3, -0.25) is 0 Å². The Morgan fingerprint density at radius 2 is 1.26 bits per heavy atom. The quantitative estimate of drug-likeness (QED) is 0.458. The Morgan fingerprint density at radius 1 is 0.778 bits per heavy atom. The maximum absolute atomic E-state index is 14.2. The maximum atomic E-state index is 14.2. The monoisotopic (exact) mass is 428 g/mol. The molecular weight excluding hydrogens is 418 g/mol. The Labute approximate surface area is 146 Å². The summed E-state index contributed by atoms with van der Waals surface area (Å²) in [5.74, 6) is -8.68. The van der Waals surface area contributed by atoms with E-state index in [4.69, 9.17) is 0 Å². The van der Waals surface area contributed by atoms with E-state index in [1.807, 2.05) is 0 Å². The van der Waals surface area contributed by atoms with Crippen LogP contribution in [0.2, 0.25) is 0 Å². The van der Waals surface area contributed by atoms with Crippen molar-refractivity contribution >= 4 is 10.2 Å². The molecule has 0 amide bonds. The topological polar surface area (TPSA) is 9.23 Å². The molecule has 0 aliphatic carbocycles. The summed E-state index contributed by atoms with van der Waals surface area (Å²) < 4.78 is 136. The SMILES string of the molecule is Cc1cc(C)c(C(F)(F)Oc2cc(F)c(S(F)(F)(F)(F)F)c(F)c2)c(F)c1. The van der Waals surface area contributed by atoms with Crippen LogP contribution in [0.4, 0.5) is 41.4 Å². The largest absolute Gasteiger partial charge is 0.429 e. The molecule has 12 heteroatoms. The molecule has 0 aromatic heterocycles. The molecule has 0 unspecified atom stereocenters. The Morgan fingerprint density at radius 3 is 1.67 bits per heavy atom. The van der Waals surface area contributed by atoms with Crippen LogP contribution in [0.25, 0.3) is 0 Å². The normalized spacial score (nSPS) is 15.3. The summed E-state index contributed by atoms with van der Waals surface area (Å²) in [6.45, 7) is 2.46. The average molecular weight is 428 g/mol. The Balaban J connectivity index is 2.54. The van der Waals surface area contributed by atoms with Gasteiger partial charge in [-0.25, -0.2) is 13.2 Å². The second-order valence-electron chi connectivity index (χ2n) is 5.74. The number of ether oxygens (including phenoxy) is 1. The van der Waals surface area contributed by atoms with E-state index in [1.165, 1.54) is 6.92 Å². The molecule has 27 heavy (non-hydrogen) atoms. The molecule has 0 radical (unpaired) electrons. The summed E-state index contributed by atoms with van der Waals surface area (Å²) in [6, 6.07) is 0.878. The highest BCUT2D eigenvalue weighted by Crippen LogP contribution is 3.02. The van der Waals surface area contributed by atoms with E-state index in [0.717, 1.165) is 13.0 Å². The van der Waals surface area contributed by atoms with E-state index in [1.54, 1.807) is 0 Å². The molecule has 2 rings (SSSR count). The van der Waals surface area contributed by atoms with Crippen molar-refractivity contribution in [2.24, 2.45) is 0 Å². The summed E-state index contributed by atoms with van der Waals surface area (Å²) in [6.07, 6.45) is -4.56. The molecule has 0 atom stereocenters. The van der Waals surface area contributed by atoms with Crippen molar-refractivity contribution in [1.82, 2.24) is 0 Å². The lowest BCUT2D eigenvalue weighted by Crippen LogP contribution is -2.25. The van der Waals surface area contributed by atoms with E-state index in [-0.39, 0.29) is 11.1 Å². The van der Waals surface area contributed by atoms with E-state index in [2.05, 4.69) is 4.74 Å². The van der Waals surface area contributed by atoms with Crippen molar-refractivity contribution in [3.8, 4) is 5.75 Å². The summed E-state index contributed by atoms with van der Waals surface area (Å²) in [7, 11) is -10.8. The molecule has 0 fully saturated rings. The lowest BCUT2D eigenvalue weighted by molar-refractivity contribution is -0.188. The van der Waals surface area contributed by atoms with Crippen LogP contribution in [0.3, 0.4) is 0 Å². The van der Waals surface area contributed by atoms with Gasteiger partial charge in [-0.2, -0.15) is 8.78 Å². The van der Waals surface area contributed by atoms with Crippen molar-refractivity contribution in [2.75, 3.05) is 0 Å². The van der Waals surface area contributed by atoms with Gasteiger partial charge in [-0.15, -0.1) is 0 Å². The van der Waals surface area contributed by atoms with Gasteiger partial charge in [0.15, 0.2) is 16.5 Å². The first-order valence-corrected chi connectivity index (χ1v) is 8.84. The summed E-state index contributed by atoms with van der Waals surface area (Å²) in [5.41, 5.74) is -1.38. The maximum Gasteiger partial charge on any atom is 0.429 e. The number of aryl methyl sites for hydroxylation is 2. The lowest BCUT2D eigenvalue weighted by Gasteiger charge is -2.40. The van der Waals surface area contributed by atoms with Gasteiger partial charge in [0.1, 0.15) is 17.1 Å². The standard InChI is InChI=1S/C15H10F10OS/c1-7-3-8(2)13(10(16)4-7)15(19,20)26-9-5-11(17)14(12(18)6-9)27(21,22,23,24)25/h3-6H,1-2H3. The molecule has 0 bridgehead atoms. The number of halogens is 10. The summed E-state index contributed by atoms with van der Waals surface area (Å²) >= 11 is 0. The fourth-order valence-electron chi connectivity index (χ4n) is 2.45. The minimum atomic E-state index is -10.8. The zero-order valence-electron chi connectivity index (χ0n) is 13.4. The molecule has 0 saturated heterocycles. The van der Waals surface area contributed by atoms with Gasteiger partial charge in [0.25, 0.3) is 0 Å². The van der Waals surface area contributed by atoms with Gasteiger partial charge in [0, 0.05) is 12.1 Å². The van der Waals surface area contributed by atoms with Crippen molar-refractivity contribution in [3.63, 3.8) is 0 Å². The molecule has 0 N–H and O–H groups in total. The predicted octanol–water partition coefficient (Wildman–Crippen LogP) is 7.51. The van der Waals surface area contributed by atoms with E-state index < -0.39 is 62.1 Å². The average Bonchev–Trinajstić information content (AvgIpc) is 2.30. The zero-order valence-corrected chi connectivity index (χ0v) is 14.2. The fourth-order valence-corrected chi connectivity index (χ4v) is 3.30. The second-order valence-corrected chi connectivity index (χ2v) is 8.09. The molecule has 152 valence electrons. The molecule has 0 spiro atoms. The third kappa shape index (κ3) is 4.42. The van der Waals surface area contributed by atoms with Crippen molar-refractivity contribution < 1.29 is 46.1 Å². The number of benzene rings is 2. The molecule has 1 nitrogen and oxygen atoms in total. The highest BCUT2D eigenvalue weighted by Gasteiger charge is 2.69. The van der Waals surface area contributed by atoms with Gasteiger partial charge in [0.2, 0.25) is 0 Å². The first-order valence-electron chi connectivity index (χ1n) is 6.89. The van der Waals surface area contributed by atoms with Crippen LogP contribution in [-0.4, -0.2) is 0 Å². The van der Waals surface area contributed by atoms with Crippen LogP contribution in [0.5, 0.6) is 5.75 Å². The molecule has 0 aliphatic heterocycles. The molecule has 0 saturated carbocycles. The van der Waals surface area contributed by atoms with Crippen LogP contribution < -0.4 is 4.74 Å². The van der Waals surface area contributed by atoms with Gasteiger partial charge in [-0.05, 0) is 31.0 Å². The molecular formula is C15H10F10OS. The van der Waals surface area contributed by atoms with Crippen LogP contribution in [0, 0.1) is 31.3 Å². The molecule has 0 aliphatic rings. The zero-order chi connectivity index (χ0) is 21.1. The van der Waals surface area contributed by atoms with Crippen LogP contribution in [0.15, 0.2) is 29.2 Å². The number of rotatable bonds is 4. The highest BCUT2D eigenvalue weighted by atomic mass is 32.5. The second kappa shape index (κ2) is 5.46. The minimum Gasteiger partial charge on any atom is -0.429 e. The molecule has 2 aromatic rings. The third-order valence-electron chi connectivity index (χ3n) is 3.33. The third-order valence-corrected chi connectivity index (χ3v) is 4.49. The smallest absolute Gasteiger partial charge is 0.429 e. The van der Waals surface area contributed by atoms with Gasteiger partial charge < -0.3 is 4.74 Å².